The van der Waals surface area contributed by atoms with Crippen LogP contribution in [-0.4, -0.2) is 59.0 Å². The number of piperidine rings is 1. The molecule has 1 saturated heterocycles. The lowest BCUT2D eigenvalue weighted by Crippen LogP contribution is -2.40. The van der Waals surface area contributed by atoms with E-state index in [1.54, 1.807) is 0 Å². The van der Waals surface area contributed by atoms with E-state index in [4.69, 9.17) is 5.11 Å². The van der Waals surface area contributed by atoms with Crippen LogP contribution >= 0.6 is 11.3 Å². The Hall–Kier alpha value is -1.25. The molecule has 25 heavy (non-hydrogen) atoms. The molecule has 1 aliphatic heterocycles. The van der Waals surface area contributed by atoms with Gasteiger partial charge in [0.15, 0.2) is 0 Å². The molecule has 2 heterocycles. The molecular weight excluding hydrogens is 338 g/mol. The Balaban J connectivity index is 1.34. The summed E-state index contributed by atoms with van der Waals surface area (Å²) in [4.78, 5) is 14.3. The average Bonchev–Trinajstić information content (AvgIpc) is 3.27. The predicted octanol–water partition coefficient (Wildman–Crippen LogP) is 2.10. The lowest BCUT2D eigenvalue weighted by Gasteiger charge is -2.31. The second kappa shape index (κ2) is 9.45. The van der Waals surface area contributed by atoms with Crippen LogP contribution in [0, 0.1) is 11.8 Å². The number of hydrogen-bond donors (Lipinski definition) is 3. The molecular formula is C17H29N5O2S. The second-order valence-corrected chi connectivity index (χ2v) is 8.26. The van der Waals surface area contributed by atoms with Crippen molar-refractivity contribution in [3.63, 3.8) is 0 Å². The number of aromatic nitrogens is 2. The van der Waals surface area contributed by atoms with Gasteiger partial charge in [0, 0.05) is 19.5 Å². The third-order valence-electron chi connectivity index (χ3n) is 5.30. The highest BCUT2D eigenvalue weighted by molar-refractivity contribution is 7.15. The van der Waals surface area contributed by atoms with Crippen molar-refractivity contribution in [3.05, 3.63) is 5.01 Å². The van der Waals surface area contributed by atoms with Crippen molar-refractivity contribution in [1.29, 1.82) is 0 Å². The lowest BCUT2D eigenvalue weighted by molar-refractivity contribution is 0.147. The van der Waals surface area contributed by atoms with Crippen molar-refractivity contribution < 1.29 is 9.90 Å². The normalized spacial score (nSPS) is 20.0. The zero-order valence-corrected chi connectivity index (χ0v) is 15.6. The van der Waals surface area contributed by atoms with Crippen LogP contribution in [0.3, 0.4) is 0 Å². The van der Waals surface area contributed by atoms with Gasteiger partial charge >= 0.3 is 6.03 Å². The summed E-state index contributed by atoms with van der Waals surface area (Å²) in [5.74, 6) is 1.25. The molecule has 3 N–H and O–H groups in total. The molecule has 1 aliphatic carbocycles. The Bertz CT molecular complexity index is 539. The van der Waals surface area contributed by atoms with Crippen LogP contribution in [-0.2, 0) is 6.42 Å². The van der Waals surface area contributed by atoms with Crippen molar-refractivity contribution in [3.8, 4) is 0 Å². The number of nitrogens with one attached hydrogen (secondary N) is 2. The van der Waals surface area contributed by atoms with Gasteiger partial charge in [0.1, 0.15) is 5.01 Å². The number of carbonyl (C=O) groups is 1. The highest BCUT2D eigenvalue weighted by atomic mass is 32.1. The molecule has 1 saturated carbocycles. The highest BCUT2D eigenvalue weighted by Gasteiger charge is 2.20. The van der Waals surface area contributed by atoms with E-state index in [9.17, 15) is 4.79 Å². The summed E-state index contributed by atoms with van der Waals surface area (Å²) >= 11 is 1.49. The monoisotopic (exact) mass is 367 g/mol. The topological polar surface area (TPSA) is 90.4 Å². The number of rotatable bonds is 7. The molecule has 7 nitrogen and oxygen atoms in total. The van der Waals surface area contributed by atoms with Crippen LogP contribution in [0.4, 0.5) is 9.93 Å². The first-order chi connectivity index (χ1) is 12.2. The van der Waals surface area contributed by atoms with E-state index in [1.807, 2.05) is 0 Å². The van der Waals surface area contributed by atoms with Gasteiger partial charge in [0.2, 0.25) is 5.13 Å². The van der Waals surface area contributed by atoms with Crippen molar-refractivity contribution in [2.24, 2.45) is 11.8 Å². The standard InChI is InChI=1S/C17H29N5O2S/c23-10-9-22-7-5-14(6-8-22)12-18-16(24)19-17-21-20-15(25-17)11-13-3-1-2-4-13/h13-14,23H,1-12H2,(H2,18,19,21,24). The van der Waals surface area contributed by atoms with Crippen molar-refractivity contribution in [1.82, 2.24) is 20.4 Å². The predicted molar refractivity (Wildman–Crippen MR) is 98.8 cm³/mol. The number of likely N-dealkylation sites (tertiary alicyclic amines) is 1. The van der Waals surface area contributed by atoms with Gasteiger partial charge < -0.3 is 15.3 Å². The maximum absolute atomic E-state index is 12.0. The number of β-amino-alcohol motifs (C(OH)–C–C–N with tert-alkyl or cyclic N) is 1. The molecule has 0 atom stereocenters. The van der Waals surface area contributed by atoms with Crippen molar-refractivity contribution in [2.45, 2.75) is 44.9 Å². The quantitative estimate of drug-likeness (QED) is 0.687. The third-order valence-corrected chi connectivity index (χ3v) is 6.16. The van der Waals surface area contributed by atoms with Crippen LogP contribution < -0.4 is 10.6 Å². The van der Waals surface area contributed by atoms with E-state index in [2.05, 4.69) is 25.7 Å². The summed E-state index contributed by atoms with van der Waals surface area (Å²) in [6.07, 6.45) is 8.36. The van der Waals surface area contributed by atoms with E-state index >= 15 is 0 Å². The molecule has 8 heteroatoms. The first kappa shape index (κ1) is 18.5. The van der Waals surface area contributed by atoms with Gasteiger partial charge in [-0.2, -0.15) is 0 Å². The highest BCUT2D eigenvalue weighted by Crippen LogP contribution is 2.29. The fourth-order valence-corrected chi connectivity index (χ4v) is 4.63. The van der Waals surface area contributed by atoms with Gasteiger partial charge in [-0.3, -0.25) is 5.32 Å². The molecule has 0 bridgehead atoms. The summed E-state index contributed by atoms with van der Waals surface area (Å²) in [5.41, 5.74) is 0. The third kappa shape index (κ3) is 5.90. The molecule has 2 amide bonds. The van der Waals surface area contributed by atoms with Crippen LogP contribution in [0.1, 0.15) is 43.5 Å². The van der Waals surface area contributed by atoms with Gasteiger partial charge in [0.25, 0.3) is 0 Å². The Kier molecular flexibility index (Phi) is 7.01. The molecule has 0 spiro atoms. The molecule has 2 aliphatic rings. The second-order valence-electron chi connectivity index (χ2n) is 7.20. The minimum absolute atomic E-state index is 0.193. The number of nitrogens with zero attached hydrogens (tertiary/aromatic N) is 3. The number of urea groups is 1. The Labute approximate surface area is 153 Å². The fraction of sp³-hybridized carbons (Fsp3) is 0.824. The molecule has 3 rings (SSSR count). The smallest absolute Gasteiger partial charge is 0.321 e. The minimum Gasteiger partial charge on any atom is -0.395 e. The summed E-state index contributed by atoms with van der Waals surface area (Å²) in [6, 6.07) is -0.193. The molecule has 2 fully saturated rings. The first-order valence-corrected chi connectivity index (χ1v) is 10.2. The number of aliphatic hydroxyl groups is 1. The zero-order valence-electron chi connectivity index (χ0n) is 14.7. The maximum Gasteiger partial charge on any atom is 0.321 e. The summed E-state index contributed by atoms with van der Waals surface area (Å²) in [7, 11) is 0. The number of hydrogen-bond acceptors (Lipinski definition) is 6. The van der Waals surface area contributed by atoms with E-state index in [-0.39, 0.29) is 12.6 Å². The van der Waals surface area contributed by atoms with Gasteiger partial charge in [-0.05, 0) is 37.8 Å². The average molecular weight is 368 g/mol. The summed E-state index contributed by atoms with van der Waals surface area (Å²) < 4.78 is 0. The van der Waals surface area contributed by atoms with Gasteiger partial charge in [-0.1, -0.05) is 37.0 Å². The number of carbonyl (C=O) groups excluding carboxylic acids is 1. The number of aliphatic hydroxyl groups excluding tert-OH is 1. The molecule has 0 radical (unpaired) electrons. The van der Waals surface area contributed by atoms with E-state index in [1.165, 1.54) is 37.0 Å². The maximum atomic E-state index is 12.0. The Morgan fingerprint density at radius 1 is 1.16 bits per heavy atom. The molecule has 0 aromatic carbocycles. The summed E-state index contributed by atoms with van der Waals surface area (Å²) in [6.45, 7) is 3.65. The minimum atomic E-state index is -0.193. The zero-order chi connectivity index (χ0) is 17.5. The lowest BCUT2D eigenvalue weighted by atomic mass is 9.97. The van der Waals surface area contributed by atoms with E-state index in [0.717, 1.165) is 49.8 Å². The van der Waals surface area contributed by atoms with Gasteiger partial charge in [-0.15, -0.1) is 10.2 Å². The number of anilines is 1. The molecule has 1 aromatic heterocycles. The fourth-order valence-electron chi connectivity index (χ4n) is 3.78. The van der Waals surface area contributed by atoms with Gasteiger partial charge in [-0.25, -0.2) is 4.79 Å². The molecule has 0 unspecified atom stereocenters. The van der Waals surface area contributed by atoms with E-state index in [0.29, 0.717) is 17.6 Å². The van der Waals surface area contributed by atoms with Gasteiger partial charge in [0.05, 0.1) is 6.61 Å². The number of amides is 2. The van der Waals surface area contributed by atoms with Crippen LogP contribution in [0.25, 0.3) is 0 Å². The Morgan fingerprint density at radius 2 is 1.92 bits per heavy atom. The van der Waals surface area contributed by atoms with E-state index < -0.39 is 0 Å². The largest absolute Gasteiger partial charge is 0.395 e. The summed E-state index contributed by atoms with van der Waals surface area (Å²) in [5, 5.41) is 24.6. The molecule has 1 aromatic rings. The molecule has 140 valence electrons. The van der Waals surface area contributed by atoms with Crippen LogP contribution in [0.5, 0.6) is 0 Å². The van der Waals surface area contributed by atoms with Crippen molar-refractivity contribution >= 4 is 22.5 Å². The van der Waals surface area contributed by atoms with Crippen LogP contribution in [0.15, 0.2) is 0 Å². The van der Waals surface area contributed by atoms with Crippen molar-refractivity contribution in [2.75, 3.05) is 38.1 Å². The van der Waals surface area contributed by atoms with Crippen LogP contribution in [0.2, 0.25) is 0 Å². The SMILES string of the molecule is O=C(NCC1CCN(CCO)CC1)Nc1nnc(CC2CCCC2)s1. The first-order valence-electron chi connectivity index (χ1n) is 9.43. The Morgan fingerprint density at radius 3 is 2.64 bits per heavy atom.